The molecule has 0 bridgehead atoms. The zero-order valence-electron chi connectivity index (χ0n) is 21.3. The van der Waals surface area contributed by atoms with E-state index in [0.29, 0.717) is 37.9 Å². The lowest BCUT2D eigenvalue weighted by atomic mass is 9.96. The van der Waals surface area contributed by atoms with Crippen LogP contribution in [0.3, 0.4) is 0 Å². The average Bonchev–Trinajstić information content (AvgIpc) is 3.48. The van der Waals surface area contributed by atoms with Gasteiger partial charge in [0.05, 0.1) is 28.5 Å². The number of hydrogen-bond acceptors (Lipinski definition) is 8. The van der Waals surface area contributed by atoms with Crippen molar-refractivity contribution in [2.75, 3.05) is 6.61 Å². The van der Waals surface area contributed by atoms with E-state index in [4.69, 9.17) is 13.9 Å². The number of hydrogen-bond donors (Lipinski definition) is 0. The Labute approximate surface area is 235 Å². The summed E-state index contributed by atoms with van der Waals surface area (Å²) in [5.41, 5.74) is 1.97. The molecule has 2 aromatic carbocycles. The number of halogens is 1. The van der Waals surface area contributed by atoms with Gasteiger partial charge in [0.2, 0.25) is 0 Å². The summed E-state index contributed by atoms with van der Waals surface area (Å²) >= 11 is 4.64. The standard InChI is InChI=1S/C29H23BrN2O6S/c1-4-36-28(35)25-16(2)31-29-32(26(25)19-7-11-21(12-8-19)37-17(3)33)27(34)24(39-29)15-22-13-14-23(38-22)18-5-9-20(30)10-6-18/h5-15,26H,4H2,1-3H3. The fourth-order valence-electron chi connectivity index (χ4n) is 4.32. The monoisotopic (exact) mass is 606 g/mol. The Balaban J connectivity index is 1.61. The van der Waals surface area contributed by atoms with Gasteiger partial charge in [-0.25, -0.2) is 9.79 Å². The van der Waals surface area contributed by atoms with Gasteiger partial charge in [0.25, 0.3) is 5.56 Å². The first-order valence-electron chi connectivity index (χ1n) is 12.1. The van der Waals surface area contributed by atoms with Crippen molar-refractivity contribution in [1.29, 1.82) is 0 Å². The molecule has 0 saturated carbocycles. The van der Waals surface area contributed by atoms with Crippen LogP contribution in [0, 0.1) is 0 Å². The minimum absolute atomic E-state index is 0.178. The number of ether oxygens (including phenoxy) is 2. The molecule has 3 heterocycles. The second-order valence-corrected chi connectivity index (χ2v) is 10.6. The first-order valence-corrected chi connectivity index (χ1v) is 13.7. The fraction of sp³-hybridized carbons (Fsp3) is 0.172. The highest BCUT2D eigenvalue weighted by molar-refractivity contribution is 9.10. The van der Waals surface area contributed by atoms with Crippen molar-refractivity contribution in [3.05, 3.63) is 107 Å². The molecule has 2 aromatic heterocycles. The lowest BCUT2D eigenvalue weighted by Crippen LogP contribution is -2.39. The van der Waals surface area contributed by atoms with Gasteiger partial charge in [-0.05, 0) is 55.8 Å². The second kappa shape index (κ2) is 11.0. The molecule has 1 unspecified atom stereocenters. The third-order valence-electron chi connectivity index (χ3n) is 6.00. The Bertz CT molecular complexity index is 1780. The summed E-state index contributed by atoms with van der Waals surface area (Å²) in [6.45, 7) is 4.94. The van der Waals surface area contributed by atoms with Crippen molar-refractivity contribution in [2.45, 2.75) is 26.8 Å². The van der Waals surface area contributed by atoms with Gasteiger partial charge < -0.3 is 13.9 Å². The summed E-state index contributed by atoms with van der Waals surface area (Å²) in [6, 6.07) is 17.3. The van der Waals surface area contributed by atoms with Crippen molar-refractivity contribution in [2.24, 2.45) is 4.99 Å². The van der Waals surface area contributed by atoms with E-state index in [1.807, 2.05) is 30.3 Å². The molecule has 0 aliphatic carbocycles. The number of esters is 2. The maximum absolute atomic E-state index is 13.8. The third kappa shape index (κ3) is 5.43. The second-order valence-electron chi connectivity index (χ2n) is 8.67. The molecule has 5 rings (SSSR count). The van der Waals surface area contributed by atoms with Gasteiger partial charge >= 0.3 is 11.9 Å². The smallest absolute Gasteiger partial charge is 0.338 e. The Hall–Kier alpha value is -4.02. The number of carbonyl (C=O) groups excluding carboxylic acids is 2. The van der Waals surface area contributed by atoms with Crippen LogP contribution < -0.4 is 19.6 Å². The maximum Gasteiger partial charge on any atom is 0.338 e. The minimum atomic E-state index is -0.774. The van der Waals surface area contributed by atoms with Gasteiger partial charge in [-0.1, -0.05) is 51.5 Å². The highest BCUT2D eigenvalue weighted by Gasteiger charge is 2.33. The zero-order valence-corrected chi connectivity index (χ0v) is 23.7. The number of carbonyl (C=O) groups is 2. The molecule has 0 saturated heterocycles. The highest BCUT2D eigenvalue weighted by atomic mass is 79.9. The molecule has 39 heavy (non-hydrogen) atoms. The van der Waals surface area contributed by atoms with Crippen LogP contribution in [0.25, 0.3) is 17.4 Å². The number of fused-ring (bicyclic) bond motifs is 1. The molecule has 0 spiro atoms. The minimum Gasteiger partial charge on any atom is -0.463 e. The summed E-state index contributed by atoms with van der Waals surface area (Å²) < 4.78 is 19.3. The fourth-order valence-corrected chi connectivity index (χ4v) is 5.61. The van der Waals surface area contributed by atoms with E-state index in [1.165, 1.54) is 22.8 Å². The predicted molar refractivity (Wildman–Crippen MR) is 150 cm³/mol. The zero-order chi connectivity index (χ0) is 27.7. The molecule has 8 nitrogen and oxygen atoms in total. The van der Waals surface area contributed by atoms with Crippen LogP contribution in [0.4, 0.5) is 0 Å². The predicted octanol–water partition coefficient (Wildman–Crippen LogP) is 4.75. The van der Waals surface area contributed by atoms with E-state index < -0.39 is 18.0 Å². The Morgan fingerprint density at radius 3 is 2.49 bits per heavy atom. The van der Waals surface area contributed by atoms with Gasteiger partial charge in [-0.2, -0.15) is 0 Å². The summed E-state index contributed by atoms with van der Waals surface area (Å²) in [4.78, 5) is 43.2. The molecule has 0 amide bonds. The number of furan rings is 1. The quantitative estimate of drug-likeness (QED) is 0.232. The van der Waals surface area contributed by atoms with Crippen molar-refractivity contribution in [1.82, 2.24) is 4.57 Å². The molecule has 4 aromatic rings. The van der Waals surface area contributed by atoms with Gasteiger partial charge in [-0.15, -0.1) is 0 Å². The van der Waals surface area contributed by atoms with Crippen molar-refractivity contribution in [3.8, 4) is 17.1 Å². The highest BCUT2D eigenvalue weighted by Crippen LogP contribution is 2.32. The van der Waals surface area contributed by atoms with E-state index in [2.05, 4.69) is 20.9 Å². The van der Waals surface area contributed by atoms with Crippen LogP contribution in [0.15, 0.2) is 90.6 Å². The topological polar surface area (TPSA) is 100 Å². The van der Waals surface area contributed by atoms with Crippen LogP contribution in [-0.2, 0) is 14.3 Å². The largest absolute Gasteiger partial charge is 0.463 e. The average molecular weight is 607 g/mol. The van der Waals surface area contributed by atoms with Crippen LogP contribution in [0.2, 0.25) is 0 Å². The number of aromatic nitrogens is 1. The molecular weight excluding hydrogens is 584 g/mol. The van der Waals surface area contributed by atoms with E-state index >= 15 is 0 Å². The first-order chi connectivity index (χ1) is 18.7. The van der Waals surface area contributed by atoms with Crippen LogP contribution in [0.5, 0.6) is 5.75 Å². The lowest BCUT2D eigenvalue weighted by Gasteiger charge is -2.24. The van der Waals surface area contributed by atoms with Gasteiger partial charge in [0, 0.05) is 23.0 Å². The number of benzene rings is 2. The third-order valence-corrected chi connectivity index (χ3v) is 7.51. The summed E-state index contributed by atoms with van der Waals surface area (Å²) in [5, 5.41) is 0. The van der Waals surface area contributed by atoms with E-state index in [9.17, 15) is 14.4 Å². The molecule has 0 N–H and O–H groups in total. The molecule has 0 radical (unpaired) electrons. The van der Waals surface area contributed by atoms with E-state index in [-0.39, 0.29) is 17.7 Å². The van der Waals surface area contributed by atoms with Gasteiger partial charge in [0.1, 0.15) is 17.3 Å². The molecule has 0 fully saturated rings. The summed E-state index contributed by atoms with van der Waals surface area (Å²) in [5.74, 6) is 0.554. The van der Waals surface area contributed by atoms with Crippen LogP contribution in [0.1, 0.15) is 38.1 Å². The number of thiazole rings is 1. The van der Waals surface area contributed by atoms with Crippen molar-refractivity contribution < 1.29 is 23.5 Å². The Morgan fingerprint density at radius 1 is 1.10 bits per heavy atom. The molecule has 1 aliphatic heterocycles. The summed E-state index contributed by atoms with van der Waals surface area (Å²) in [6.07, 6.45) is 1.68. The molecule has 1 atom stereocenters. The normalized spacial score (nSPS) is 15.1. The van der Waals surface area contributed by atoms with Crippen LogP contribution >= 0.6 is 27.3 Å². The molecule has 198 valence electrons. The first kappa shape index (κ1) is 26.6. The maximum atomic E-state index is 13.8. The van der Waals surface area contributed by atoms with E-state index in [1.54, 1.807) is 50.3 Å². The Kier molecular flexibility index (Phi) is 7.49. The molecule has 10 heteroatoms. The van der Waals surface area contributed by atoms with Crippen LogP contribution in [-0.4, -0.2) is 23.1 Å². The number of nitrogens with zero attached hydrogens (tertiary/aromatic N) is 2. The van der Waals surface area contributed by atoms with Crippen molar-refractivity contribution in [3.63, 3.8) is 0 Å². The van der Waals surface area contributed by atoms with Gasteiger partial charge in [0.15, 0.2) is 4.80 Å². The number of rotatable bonds is 6. The summed E-state index contributed by atoms with van der Waals surface area (Å²) in [7, 11) is 0. The van der Waals surface area contributed by atoms with Gasteiger partial charge in [-0.3, -0.25) is 14.2 Å². The molecular formula is C29H23BrN2O6S. The molecule has 1 aliphatic rings. The lowest BCUT2D eigenvalue weighted by molar-refractivity contribution is -0.139. The Morgan fingerprint density at radius 2 is 1.82 bits per heavy atom. The van der Waals surface area contributed by atoms with E-state index in [0.717, 1.165) is 10.0 Å². The number of allylic oxidation sites excluding steroid dienone is 1. The SMILES string of the molecule is CCOC(=O)C1=C(C)N=c2sc(=Cc3ccc(-c4ccc(Br)cc4)o3)c(=O)n2C1c1ccc(OC(C)=O)cc1. The van der Waals surface area contributed by atoms with Crippen molar-refractivity contribution >= 4 is 45.3 Å².